The SMILES string of the molecule is CCOC(=O)c1c(N)sc(CN2CCN(CC)CC2)c1-c1ccccc1. The molecule has 26 heavy (non-hydrogen) atoms. The number of nitrogen functional groups attached to an aromatic ring is 1. The first kappa shape index (κ1) is 18.9. The third-order valence-corrected chi connectivity index (χ3v) is 5.83. The molecule has 1 aliphatic rings. The van der Waals surface area contributed by atoms with Crippen molar-refractivity contribution in [2.45, 2.75) is 20.4 Å². The Morgan fingerprint density at radius 2 is 1.77 bits per heavy atom. The summed E-state index contributed by atoms with van der Waals surface area (Å²) in [6.45, 7) is 10.5. The fourth-order valence-electron chi connectivity index (χ4n) is 3.39. The van der Waals surface area contributed by atoms with Crippen LogP contribution in [-0.4, -0.2) is 55.1 Å². The minimum absolute atomic E-state index is 0.331. The standard InChI is InChI=1S/C20H27N3O2S/c1-3-22-10-12-23(13-11-22)14-16-17(15-8-6-5-7-9-15)18(19(21)26-16)20(24)25-4-2/h5-9H,3-4,10-14,21H2,1-2H3. The van der Waals surface area contributed by atoms with Crippen molar-refractivity contribution in [1.82, 2.24) is 9.80 Å². The summed E-state index contributed by atoms with van der Waals surface area (Å²) in [4.78, 5) is 18.6. The Bertz CT molecular complexity index is 737. The van der Waals surface area contributed by atoms with Gasteiger partial charge >= 0.3 is 5.97 Å². The van der Waals surface area contributed by atoms with Crippen molar-refractivity contribution in [1.29, 1.82) is 0 Å². The van der Waals surface area contributed by atoms with E-state index in [2.05, 4.69) is 16.7 Å². The number of piperazine rings is 1. The Balaban J connectivity index is 1.92. The maximum atomic E-state index is 12.5. The topological polar surface area (TPSA) is 58.8 Å². The summed E-state index contributed by atoms with van der Waals surface area (Å²) in [7, 11) is 0. The van der Waals surface area contributed by atoms with Gasteiger partial charge in [0, 0.05) is 43.2 Å². The number of nitrogens with two attached hydrogens (primary N) is 1. The van der Waals surface area contributed by atoms with Crippen molar-refractivity contribution in [3.63, 3.8) is 0 Å². The smallest absolute Gasteiger partial charge is 0.341 e. The first-order chi connectivity index (χ1) is 12.6. The quantitative estimate of drug-likeness (QED) is 0.787. The number of likely N-dealkylation sites (N-methyl/N-ethyl adjacent to an activating group) is 1. The number of hydrogen-bond donors (Lipinski definition) is 1. The van der Waals surface area contributed by atoms with E-state index in [1.165, 1.54) is 11.3 Å². The van der Waals surface area contributed by atoms with Crippen molar-refractivity contribution in [3.8, 4) is 11.1 Å². The van der Waals surface area contributed by atoms with Crippen LogP contribution in [0.2, 0.25) is 0 Å². The monoisotopic (exact) mass is 373 g/mol. The van der Waals surface area contributed by atoms with E-state index >= 15 is 0 Å². The molecule has 0 radical (unpaired) electrons. The summed E-state index contributed by atoms with van der Waals surface area (Å²) >= 11 is 1.51. The lowest BCUT2D eigenvalue weighted by Gasteiger charge is -2.33. The highest BCUT2D eigenvalue weighted by Crippen LogP contribution is 2.40. The van der Waals surface area contributed by atoms with E-state index < -0.39 is 0 Å². The molecule has 140 valence electrons. The fourth-order valence-corrected chi connectivity index (χ4v) is 4.51. The molecule has 0 aliphatic carbocycles. The molecule has 1 aliphatic heterocycles. The van der Waals surface area contributed by atoms with Gasteiger partial charge in [-0.1, -0.05) is 37.3 Å². The third-order valence-electron chi connectivity index (χ3n) is 4.83. The second kappa shape index (κ2) is 8.66. The van der Waals surface area contributed by atoms with Crippen LogP contribution in [0.1, 0.15) is 29.1 Å². The van der Waals surface area contributed by atoms with Gasteiger partial charge in [-0.05, 0) is 19.0 Å². The maximum absolute atomic E-state index is 12.5. The van der Waals surface area contributed by atoms with Gasteiger partial charge in [0.25, 0.3) is 0 Å². The van der Waals surface area contributed by atoms with Gasteiger partial charge in [0.05, 0.1) is 6.61 Å². The van der Waals surface area contributed by atoms with Crippen LogP contribution < -0.4 is 5.73 Å². The van der Waals surface area contributed by atoms with Gasteiger partial charge in [-0.2, -0.15) is 0 Å². The van der Waals surface area contributed by atoms with E-state index in [4.69, 9.17) is 10.5 Å². The van der Waals surface area contributed by atoms with Crippen LogP contribution in [0.3, 0.4) is 0 Å². The van der Waals surface area contributed by atoms with Crippen molar-refractivity contribution >= 4 is 22.3 Å². The minimum atomic E-state index is -0.331. The molecule has 0 unspecified atom stereocenters. The van der Waals surface area contributed by atoms with Crippen LogP contribution in [0.15, 0.2) is 30.3 Å². The fraction of sp³-hybridized carbons (Fsp3) is 0.450. The molecule has 0 saturated carbocycles. The Morgan fingerprint density at radius 3 is 2.38 bits per heavy atom. The summed E-state index contributed by atoms with van der Waals surface area (Å²) in [5, 5.41) is 0.546. The number of esters is 1. The molecule has 1 fully saturated rings. The number of hydrogen-bond acceptors (Lipinski definition) is 6. The number of benzene rings is 1. The average Bonchev–Trinajstić information content (AvgIpc) is 2.99. The molecule has 1 aromatic heterocycles. The van der Waals surface area contributed by atoms with E-state index in [1.54, 1.807) is 0 Å². The van der Waals surface area contributed by atoms with Crippen molar-refractivity contribution in [2.75, 3.05) is 45.1 Å². The molecular weight excluding hydrogens is 346 g/mol. The van der Waals surface area contributed by atoms with Gasteiger partial charge in [-0.15, -0.1) is 11.3 Å². The Morgan fingerprint density at radius 1 is 1.12 bits per heavy atom. The second-order valence-corrected chi connectivity index (χ2v) is 7.57. The summed E-state index contributed by atoms with van der Waals surface area (Å²) in [6, 6.07) is 10.0. The lowest BCUT2D eigenvalue weighted by molar-refractivity contribution is 0.0529. The summed E-state index contributed by atoms with van der Waals surface area (Å²) in [5.41, 5.74) is 8.72. The summed E-state index contributed by atoms with van der Waals surface area (Å²) < 4.78 is 5.27. The van der Waals surface area contributed by atoms with Gasteiger partial charge < -0.3 is 15.4 Å². The van der Waals surface area contributed by atoms with Crippen molar-refractivity contribution in [3.05, 3.63) is 40.8 Å². The normalized spacial score (nSPS) is 15.9. The Kier molecular flexibility index (Phi) is 6.29. The molecule has 0 bridgehead atoms. The number of nitrogens with zero attached hydrogens (tertiary/aromatic N) is 2. The highest BCUT2D eigenvalue weighted by molar-refractivity contribution is 7.17. The number of carbonyl (C=O) groups excluding carboxylic acids is 1. The lowest BCUT2D eigenvalue weighted by Crippen LogP contribution is -2.45. The van der Waals surface area contributed by atoms with Crippen LogP contribution in [0.25, 0.3) is 11.1 Å². The largest absolute Gasteiger partial charge is 0.462 e. The lowest BCUT2D eigenvalue weighted by atomic mass is 10.0. The molecule has 2 heterocycles. The van der Waals surface area contributed by atoms with Gasteiger partial charge in [0.2, 0.25) is 0 Å². The zero-order chi connectivity index (χ0) is 18.5. The molecule has 1 saturated heterocycles. The molecule has 2 aromatic rings. The van der Waals surface area contributed by atoms with Crippen molar-refractivity contribution in [2.24, 2.45) is 0 Å². The Labute approximate surface area is 159 Å². The van der Waals surface area contributed by atoms with E-state index in [0.717, 1.165) is 55.3 Å². The van der Waals surface area contributed by atoms with E-state index in [1.807, 2.05) is 37.3 Å². The van der Waals surface area contributed by atoms with Crippen LogP contribution in [0.5, 0.6) is 0 Å². The molecular formula is C20H27N3O2S. The molecule has 5 nitrogen and oxygen atoms in total. The first-order valence-electron chi connectivity index (χ1n) is 9.22. The minimum Gasteiger partial charge on any atom is -0.462 e. The Hall–Kier alpha value is -1.89. The van der Waals surface area contributed by atoms with Gasteiger partial charge in [0.1, 0.15) is 10.6 Å². The highest BCUT2D eigenvalue weighted by atomic mass is 32.1. The molecule has 1 aromatic carbocycles. The number of carbonyl (C=O) groups is 1. The number of rotatable bonds is 6. The predicted molar refractivity (Wildman–Crippen MR) is 108 cm³/mol. The summed E-state index contributed by atoms with van der Waals surface area (Å²) in [6.07, 6.45) is 0. The van der Waals surface area contributed by atoms with Crippen LogP contribution in [0.4, 0.5) is 5.00 Å². The number of thiophene rings is 1. The molecule has 3 rings (SSSR count). The highest BCUT2D eigenvalue weighted by Gasteiger charge is 2.26. The van der Waals surface area contributed by atoms with Gasteiger partial charge in [-0.25, -0.2) is 4.79 Å². The van der Waals surface area contributed by atoms with Gasteiger partial charge in [0.15, 0.2) is 0 Å². The number of anilines is 1. The zero-order valence-corrected chi connectivity index (χ0v) is 16.3. The van der Waals surface area contributed by atoms with Crippen molar-refractivity contribution < 1.29 is 9.53 Å². The van der Waals surface area contributed by atoms with Crippen LogP contribution in [-0.2, 0) is 11.3 Å². The zero-order valence-electron chi connectivity index (χ0n) is 15.5. The second-order valence-electron chi connectivity index (χ2n) is 6.44. The maximum Gasteiger partial charge on any atom is 0.341 e. The summed E-state index contributed by atoms with van der Waals surface area (Å²) in [5.74, 6) is -0.331. The van der Waals surface area contributed by atoms with Crippen LogP contribution in [0, 0.1) is 0 Å². The molecule has 0 amide bonds. The third kappa shape index (κ3) is 4.09. The molecule has 0 spiro atoms. The van der Waals surface area contributed by atoms with E-state index in [9.17, 15) is 4.79 Å². The predicted octanol–water partition coefficient (Wildman–Crippen LogP) is 3.31. The van der Waals surface area contributed by atoms with Crippen LogP contribution >= 0.6 is 11.3 Å². The average molecular weight is 374 g/mol. The van der Waals surface area contributed by atoms with E-state index in [0.29, 0.717) is 17.2 Å². The molecule has 6 heteroatoms. The molecule has 0 atom stereocenters. The first-order valence-corrected chi connectivity index (χ1v) is 10.0. The van der Waals surface area contributed by atoms with E-state index in [-0.39, 0.29) is 5.97 Å². The van der Waals surface area contributed by atoms with Gasteiger partial charge in [-0.3, -0.25) is 4.90 Å². The number of ether oxygens (including phenoxy) is 1. The molecule has 2 N–H and O–H groups in total.